The zero-order valence-electron chi connectivity index (χ0n) is 12.8. The highest BCUT2D eigenvalue weighted by Crippen LogP contribution is 2.28. The third kappa shape index (κ3) is 2.01. The van der Waals surface area contributed by atoms with E-state index in [9.17, 15) is 4.79 Å². The summed E-state index contributed by atoms with van der Waals surface area (Å²) >= 11 is 0. The highest BCUT2D eigenvalue weighted by Gasteiger charge is 2.13. The number of H-pyrrole nitrogens is 1. The summed E-state index contributed by atoms with van der Waals surface area (Å²) in [6.45, 7) is 0. The van der Waals surface area contributed by atoms with E-state index in [-0.39, 0.29) is 5.43 Å². The van der Waals surface area contributed by atoms with Gasteiger partial charge in [0.2, 0.25) is 5.43 Å². The first-order valence-corrected chi connectivity index (χ1v) is 7.30. The van der Waals surface area contributed by atoms with Crippen molar-refractivity contribution >= 4 is 21.9 Å². The van der Waals surface area contributed by atoms with Crippen LogP contribution in [0.5, 0.6) is 5.75 Å². The number of nitrogens with zero attached hydrogens (tertiary/aromatic N) is 2. The molecule has 0 amide bonds. The van der Waals surface area contributed by atoms with E-state index in [2.05, 4.69) is 10.1 Å². The minimum atomic E-state index is -0.0137. The van der Waals surface area contributed by atoms with Crippen LogP contribution in [0, 0.1) is 0 Å². The number of ether oxygens (including phenoxy) is 1. The van der Waals surface area contributed by atoms with Gasteiger partial charge in [0.1, 0.15) is 11.3 Å². The van der Waals surface area contributed by atoms with E-state index < -0.39 is 0 Å². The minimum Gasteiger partial charge on any atom is -0.497 e. The first kappa shape index (κ1) is 13.6. The molecule has 114 valence electrons. The number of aryl methyl sites for hydroxylation is 1. The smallest absolute Gasteiger partial charge is 0.215 e. The summed E-state index contributed by atoms with van der Waals surface area (Å²) in [4.78, 5) is 16.3. The van der Waals surface area contributed by atoms with Crippen molar-refractivity contribution in [1.82, 2.24) is 14.8 Å². The van der Waals surface area contributed by atoms with Gasteiger partial charge in [0.25, 0.3) is 0 Å². The van der Waals surface area contributed by atoms with Gasteiger partial charge in [-0.3, -0.25) is 9.48 Å². The fraction of sp³-hybridized carbons (Fsp3) is 0.111. The monoisotopic (exact) mass is 305 g/mol. The molecule has 5 heteroatoms. The van der Waals surface area contributed by atoms with Crippen LogP contribution in [-0.4, -0.2) is 21.9 Å². The third-order valence-corrected chi connectivity index (χ3v) is 4.12. The lowest BCUT2D eigenvalue weighted by atomic mass is 10.00. The summed E-state index contributed by atoms with van der Waals surface area (Å²) in [5, 5.41) is 4.85. The number of nitrogens with one attached hydrogen (secondary N) is 1. The molecule has 0 spiro atoms. The third-order valence-electron chi connectivity index (χ3n) is 4.12. The lowest BCUT2D eigenvalue weighted by Gasteiger charge is -2.08. The number of hydrogen-bond donors (Lipinski definition) is 1. The summed E-state index contributed by atoms with van der Waals surface area (Å²) in [6.07, 6.45) is 1.68. The largest absolute Gasteiger partial charge is 0.497 e. The molecule has 0 saturated heterocycles. The normalized spacial score (nSPS) is 11.2. The summed E-state index contributed by atoms with van der Waals surface area (Å²) in [5.74, 6) is 0.789. The van der Waals surface area contributed by atoms with E-state index >= 15 is 0 Å². The molecule has 2 aromatic carbocycles. The van der Waals surface area contributed by atoms with Crippen molar-refractivity contribution < 1.29 is 4.74 Å². The molecular weight excluding hydrogens is 290 g/mol. The molecule has 0 unspecified atom stereocenters. The Kier molecular flexibility index (Phi) is 2.94. The van der Waals surface area contributed by atoms with Crippen molar-refractivity contribution in [3.8, 4) is 16.9 Å². The Bertz CT molecular complexity index is 1080. The second kappa shape index (κ2) is 4.98. The summed E-state index contributed by atoms with van der Waals surface area (Å²) in [5.41, 5.74) is 4.00. The molecule has 2 aromatic heterocycles. The Hall–Kier alpha value is -3.08. The van der Waals surface area contributed by atoms with Crippen molar-refractivity contribution in [3.63, 3.8) is 0 Å². The number of pyridine rings is 1. The molecule has 0 fully saturated rings. The van der Waals surface area contributed by atoms with Crippen molar-refractivity contribution in [2.45, 2.75) is 0 Å². The van der Waals surface area contributed by atoms with Crippen molar-refractivity contribution in [3.05, 3.63) is 58.9 Å². The SMILES string of the molecule is COc1ccc(-c2cccc3[nH]c4cnn(C)c4c(=O)c23)cc1. The summed E-state index contributed by atoms with van der Waals surface area (Å²) in [6, 6.07) is 13.5. The second-order valence-electron chi connectivity index (χ2n) is 5.44. The first-order valence-electron chi connectivity index (χ1n) is 7.30. The van der Waals surface area contributed by atoms with Crippen LogP contribution in [0.2, 0.25) is 0 Å². The quantitative estimate of drug-likeness (QED) is 0.619. The molecule has 0 aliphatic heterocycles. The van der Waals surface area contributed by atoms with Crippen LogP contribution in [0.15, 0.2) is 53.5 Å². The van der Waals surface area contributed by atoms with Gasteiger partial charge in [0.15, 0.2) is 0 Å². The average molecular weight is 305 g/mol. The molecule has 0 bridgehead atoms. The highest BCUT2D eigenvalue weighted by molar-refractivity contribution is 5.99. The van der Waals surface area contributed by atoms with E-state index in [1.807, 2.05) is 42.5 Å². The van der Waals surface area contributed by atoms with Crippen LogP contribution >= 0.6 is 0 Å². The van der Waals surface area contributed by atoms with Gasteiger partial charge in [0, 0.05) is 7.05 Å². The van der Waals surface area contributed by atoms with Crippen LogP contribution in [0.1, 0.15) is 0 Å². The number of benzene rings is 2. The Morgan fingerprint density at radius 1 is 1.09 bits per heavy atom. The lowest BCUT2D eigenvalue weighted by Crippen LogP contribution is -2.09. The number of rotatable bonds is 2. The number of fused-ring (bicyclic) bond motifs is 2. The van der Waals surface area contributed by atoms with Crippen LogP contribution < -0.4 is 10.2 Å². The van der Waals surface area contributed by atoms with Crippen LogP contribution in [0.25, 0.3) is 33.1 Å². The molecular formula is C18H15N3O2. The first-order chi connectivity index (χ1) is 11.2. The molecule has 0 saturated carbocycles. The Morgan fingerprint density at radius 2 is 1.87 bits per heavy atom. The Labute approximate surface area is 132 Å². The maximum Gasteiger partial charge on any atom is 0.215 e. The van der Waals surface area contributed by atoms with Gasteiger partial charge in [-0.2, -0.15) is 5.10 Å². The number of methoxy groups -OCH3 is 1. The minimum absolute atomic E-state index is 0.0137. The molecule has 5 nitrogen and oxygen atoms in total. The van der Waals surface area contributed by atoms with E-state index in [1.165, 1.54) is 0 Å². The van der Waals surface area contributed by atoms with E-state index in [4.69, 9.17) is 4.74 Å². The van der Waals surface area contributed by atoms with Crippen LogP contribution in [0.4, 0.5) is 0 Å². The van der Waals surface area contributed by atoms with Gasteiger partial charge >= 0.3 is 0 Å². The van der Waals surface area contributed by atoms with Crippen LogP contribution in [0.3, 0.4) is 0 Å². The van der Waals surface area contributed by atoms with E-state index in [0.29, 0.717) is 10.9 Å². The van der Waals surface area contributed by atoms with Gasteiger partial charge in [-0.25, -0.2) is 0 Å². The summed E-state index contributed by atoms with van der Waals surface area (Å²) < 4.78 is 6.81. The molecule has 0 radical (unpaired) electrons. The van der Waals surface area contributed by atoms with Gasteiger partial charge in [-0.1, -0.05) is 24.3 Å². The topological polar surface area (TPSA) is 59.9 Å². The number of aromatic amines is 1. The Morgan fingerprint density at radius 3 is 2.61 bits per heavy atom. The zero-order chi connectivity index (χ0) is 16.0. The predicted octanol–water partition coefficient (Wildman–Crippen LogP) is 3.09. The summed E-state index contributed by atoms with van der Waals surface area (Å²) in [7, 11) is 3.41. The maximum absolute atomic E-state index is 13.0. The van der Waals surface area contributed by atoms with Gasteiger partial charge in [-0.05, 0) is 29.3 Å². The van der Waals surface area contributed by atoms with Gasteiger partial charge < -0.3 is 9.72 Å². The molecule has 0 aliphatic rings. The lowest BCUT2D eigenvalue weighted by molar-refractivity contribution is 0.415. The van der Waals surface area contributed by atoms with E-state index in [1.54, 1.807) is 25.0 Å². The van der Waals surface area contributed by atoms with Crippen molar-refractivity contribution in [2.75, 3.05) is 7.11 Å². The van der Waals surface area contributed by atoms with Crippen molar-refractivity contribution in [2.24, 2.45) is 7.05 Å². The second-order valence-corrected chi connectivity index (χ2v) is 5.44. The fourth-order valence-corrected chi connectivity index (χ4v) is 2.97. The molecule has 1 N–H and O–H groups in total. The standard InChI is InChI=1S/C18H15N3O2/c1-21-17-15(10-19-21)20-14-5-3-4-13(16(14)18(17)22)11-6-8-12(23-2)9-7-11/h3-10H,1-2H3,(H,20,22). The Balaban J connectivity index is 2.08. The van der Waals surface area contributed by atoms with Crippen molar-refractivity contribution in [1.29, 1.82) is 0 Å². The fourth-order valence-electron chi connectivity index (χ4n) is 2.97. The molecule has 0 atom stereocenters. The molecule has 0 aliphatic carbocycles. The molecule has 4 aromatic rings. The zero-order valence-corrected chi connectivity index (χ0v) is 12.8. The number of aromatic nitrogens is 3. The molecule has 2 heterocycles. The van der Waals surface area contributed by atoms with Gasteiger partial charge in [-0.15, -0.1) is 0 Å². The molecule has 23 heavy (non-hydrogen) atoms. The number of hydrogen-bond acceptors (Lipinski definition) is 3. The van der Waals surface area contributed by atoms with Crippen LogP contribution in [-0.2, 0) is 7.05 Å². The van der Waals surface area contributed by atoms with Gasteiger partial charge in [0.05, 0.1) is 29.7 Å². The molecule has 4 rings (SSSR count). The predicted molar refractivity (Wildman–Crippen MR) is 90.8 cm³/mol. The average Bonchev–Trinajstić information content (AvgIpc) is 2.96. The van der Waals surface area contributed by atoms with E-state index in [0.717, 1.165) is 27.9 Å². The maximum atomic E-state index is 13.0. The highest BCUT2D eigenvalue weighted by atomic mass is 16.5.